The smallest absolute Gasteiger partial charge is 0.440 e. The van der Waals surface area contributed by atoms with E-state index in [2.05, 4.69) is 4.74 Å². The molecular weight excluding hydrogens is 486 g/mol. The Morgan fingerprint density at radius 2 is 1.96 bits per heavy atom. The van der Waals surface area contributed by atoms with E-state index in [0.717, 1.165) is 3.57 Å². The summed E-state index contributed by atoms with van der Waals surface area (Å²) >= 11 is 1.95. The molecule has 0 bridgehead atoms. The van der Waals surface area contributed by atoms with Gasteiger partial charge in [-0.3, -0.25) is 4.79 Å². The molecule has 1 unspecified atom stereocenters. The van der Waals surface area contributed by atoms with Crippen LogP contribution < -0.4 is 4.72 Å². The van der Waals surface area contributed by atoms with Crippen LogP contribution in [0.2, 0.25) is 0 Å². The Labute approximate surface area is 153 Å². The molecule has 0 amide bonds. The van der Waals surface area contributed by atoms with Crippen molar-refractivity contribution in [3.05, 3.63) is 33.4 Å². The van der Waals surface area contributed by atoms with Crippen molar-refractivity contribution >= 4 is 44.8 Å². The molecule has 140 valence electrons. The first-order chi connectivity index (χ1) is 11.4. The minimum atomic E-state index is -5.51. The number of rotatable bonds is 7. The molecule has 0 aliphatic heterocycles. The van der Waals surface area contributed by atoms with Crippen LogP contribution in [0.4, 0.5) is 13.2 Å². The third-order valence-electron chi connectivity index (χ3n) is 2.40. The molecule has 1 N–H and O–H groups in total. The lowest BCUT2D eigenvalue weighted by atomic mass is 10.2. The lowest BCUT2D eigenvalue weighted by Crippen LogP contribution is -2.48. The van der Waals surface area contributed by atoms with E-state index < -0.39 is 47.7 Å². The third-order valence-corrected chi connectivity index (χ3v) is 3.57. The van der Waals surface area contributed by atoms with Crippen LogP contribution in [-0.4, -0.2) is 43.9 Å². The van der Waals surface area contributed by atoms with Gasteiger partial charge in [-0.05, 0) is 40.8 Å². The Bertz CT molecular complexity index is 738. The maximum atomic E-state index is 12.5. The second-order valence-electron chi connectivity index (χ2n) is 4.38. The van der Waals surface area contributed by atoms with E-state index in [1.807, 2.05) is 22.6 Å². The van der Waals surface area contributed by atoms with Gasteiger partial charge in [0.2, 0.25) is 0 Å². The van der Waals surface area contributed by atoms with Crippen LogP contribution >= 0.6 is 22.6 Å². The van der Waals surface area contributed by atoms with Gasteiger partial charge in [0.1, 0.15) is 6.61 Å². The number of carbonyl (C=O) groups excluding carboxylic acids is 2. The monoisotopic (exact) mass is 496 g/mol. The number of hydrogen-bond acceptors (Lipinski definition) is 7. The highest BCUT2D eigenvalue weighted by molar-refractivity contribution is 14.1. The largest absolute Gasteiger partial charge is 0.735 e. The molecular formula is C12H10F3INO7S-. The van der Waals surface area contributed by atoms with Crippen molar-refractivity contribution in [1.82, 2.24) is 4.72 Å². The van der Waals surface area contributed by atoms with Gasteiger partial charge in [0.25, 0.3) is 6.23 Å². The average molecular weight is 496 g/mol. The van der Waals surface area contributed by atoms with Gasteiger partial charge in [-0.15, -0.1) is 0 Å². The van der Waals surface area contributed by atoms with Gasteiger partial charge in [0.15, 0.2) is 10.3 Å². The molecule has 13 heteroatoms. The molecule has 8 nitrogen and oxygen atoms in total. The van der Waals surface area contributed by atoms with E-state index in [-0.39, 0.29) is 5.56 Å². The van der Waals surface area contributed by atoms with Crippen molar-refractivity contribution in [3.63, 3.8) is 0 Å². The first-order valence-corrected chi connectivity index (χ1v) is 8.79. The summed E-state index contributed by atoms with van der Waals surface area (Å²) in [4.78, 5) is 23.0. The van der Waals surface area contributed by atoms with Crippen LogP contribution in [-0.2, 0) is 24.6 Å². The SMILES string of the molecule is O=C(CCOC(=O)c1cccc(I)c1)OC(NS(=O)(=O)[O-])C(F)(F)F. The standard InChI is InChI=1S/C12H11F3INO7S/c13-12(14,15)11(17-25(20,21)22)24-9(18)4-5-23-10(19)7-2-1-3-8(16)6-7/h1-3,6,11,17H,4-5H2,(H,20,21,22)/p-1. The molecule has 0 saturated carbocycles. The molecule has 0 saturated heterocycles. The number of carbonyl (C=O) groups is 2. The zero-order valence-corrected chi connectivity index (χ0v) is 15.1. The predicted octanol–water partition coefficient (Wildman–Crippen LogP) is 1.32. The van der Waals surface area contributed by atoms with Gasteiger partial charge in [0, 0.05) is 3.57 Å². The zero-order chi connectivity index (χ0) is 19.3. The van der Waals surface area contributed by atoms with Crippen LogP contribution in [0, 0.1) is 3.57 Å². The number of esters is 2. The highest BCUT2D eigenvalue weighted by atomic mass is 127. The normalized spacial score (nSPS) is 13.2. The van der Waals surface area contributed by atoms with E-state index in [0.29, 0.717) is 4.72 Å². The summed E-state index contributed by atoms with van der Waals surface area (Å²) in [5, 5.41) is 0. The van der Waals surface area contributed by atoms with Gasteiger partial charge >= 0.3 is 18.1 Å². The Morgan fingerprint density at radius 3 is 2.48 bits per heavy atom. The molecule has 25 heavy (non-hydrogen) atoms. The number of alkyl halides is 3. The summed E-state index contributed by atoms with van der Waals surface area (Å²) in [7, 11) is -5.51. The molecule has 1 atom stereocenters. The minimum Gasteiger partial charge on any atom is -0.735 e. The quantitative estimate of drug-likeness (QED) is 0.262. The molecule has 0 fully saturated rings. The fourth-order valence-electron chi connectivity index (χ4n) is 1.40. The summed E-state index contributed by atoms with van der Waals surface area (Å²) in [5.41, 5.74) is 0.174. The highest BCUT2D eigenvalue weighted by Gasteiger charge is 2.44. The van der Waals surface area contributed by atoms with E-state index in [1.54, 1.807) is 12.1 Å². The Balaban J connectivity index is 2.54. The molecule has 0 aliphatic carbocycles. The first kappa shape index (κ1) is 21.6. The number of benzene rings is 1. The lowest BCUT2D eigenvalue weighted by Gasteiger charge is -2.22. The fourth-order valence-corrected chi connectivity index (χ4v) is 2.39. The van der Waals surface area contributed by atoms with Crippen LogP contribution in [0.5, 0.6) is 0 Å². The lowest BCUT2D eigenvalue weighted by molar-refractivity contribution is -0.224. The molecule has 0 aliphatic rings. The van der Waals surface area contributed by atoms with Crippen molar-refractivity contribution in [1.29, 1.82) is 0 Å². The Morgan fingerprint density at radius 1 is 1.32 bits per heavy atom. The minimum absolute atomic E-state index is 0.174. The number of nitrogens with one attached hydrogen (secondary N) is 1. The molecule has 1 aromatic carbocycles. The van der Waals surface area contributed by atoms with Crippen molar-refractivity contribution in [2.24, 2.45) is 0 Å². The van der Waals surface area contributed by atoms with Crippen molar-refractivity contribution in [2.75, 3.05) is 6.61 Å². The maximum Gasteiger partial charge on any atom is 0.440 e. The van der Waals surface area contributed by atoms with Crippen LogP contribution in [0.3, 0.4) is 0 Å². The number of ether oxygens (including phenoxy) is 2. The molecule has 0 heterocycles. The summed E-state index contributed by atoms with van der Waals surface area (Å²) in [6.45, 7) is -0.599. The van der Waals surface area contributed by atoms with E-state index in [9.17, 15) is 35.7 Å². The summed E-state index contributed by atoms with van der Waals surface area (Å²) in [6, 6.07) is 6.22. The predicted molar refractivity (Wildman–Crippen MR) is 82.8 cm³/mol. The average Bonchev–Trinajstić information content (AvgIpc) is 2.44. The molecule has 1 rings (SSSR count). The van der Waals surface area contributed by atoms with Gasteiger partial charge in [0.05, 0.1) is 12.0 Å². The summed E-state index contributed by atoms with van der Waals surface area (Å²) < 4.78 is 78.3. The first-order valence-electron chi connectivity index (χ1n) is 6.30. The molecule has 0 aromatic heterocycles. The molecule has 1 aromatic rings. The van der Waals surface area contributed by atoms with Crippen molar-refractivity contribution < 1.29 is 45.2 Å². The van der Waals surface area contributed by atoms with Crippen molar-refractivity contribution in [3.8, 4) is 0 Å². The van der Waals surface area contributed by atoms with Gasteiger partial charge in [-0.2, -0.15) is 17.9 Å². The third kappa shape index (κ3) is 8.46. The fraction of sp³-hybridized carbons (Fsp3) is 0.333. The van der Waals surface area contributed by atoms with Gasteiger partial charge in [-0.25, -0.2) is 13.2 Å². The second kappa shape index (κ2) is 8.77. The van der Waals surface area contributed by atoms with Crippen LogP contribution in [0.15, 0.2) is 24.3 Å². The number of halogens is 4. The Kier molecular flexibility index (Phi) is 7.58. The highest BCUT2D eigenvalue weighted by Crippen LogP contribution is 2.22. The van der Waals surface area contributed by atoms with Crippen LogP contribution in [0.1, 0.15) is 16.8 Å². The number of hydrogen-bond donors (Lipinski definition) is 1. The van der Waals surface area contributed by atoms with E-state index in [1.165, 1.54) is 12.1 Å². The molecule has 0 spiro atoms. The van der Waals surface area contributed by atoms with Gasteiger partial charge in [-0.1, -0.05) is 6.07 Å². The summed E-state index contributed by atoms with van der Waals surface area (Å²) in [6.07, 6.45) is -9.43. The topological polar surface area (TPSA) is 122 Å². The van der Waals surface area contributed by atoms with Gasteiger partial charge < -0.3 is 14.0 Å². The zero-order valence-electron chi connectivity index (χ0n) is 12.1. The van der Waals surface area contributed by atoms with Crippen LogP contribution in [0.25, 0.3) is 0 Å². The van der Waals surface area contributed by atoms with E-state index >= 15 is 0 Å². The van der Waals surface area contributed by atoms with E-state index in [4.69, 9.17) is 4.74 Å². The second-order valence-corrected chi connectivity index (χ2v) is 6.77. The Hall–Kier alpha value is -1.45. The van der Waals surface area contributed by atoms with Crippen molar-refractivity contribution in [2.45, 2.75) is 18.8 Å². The summed E-state index contributed by atoms with van der Waals surface area (Å²) in [5.74, 6) is -2.33. The molecule has 0 radical (unpaired) electrons. The maximum absolute atomic E-state index is 12.5.